The molecule has 0 aliphatic carbocycles. The molecule has 0 bridgehead atoms. The highest BCUT2D eigenvalue weighted by Crippen LogP contribution is 2.38. The number of hydrogen-bond donors (Lipinski definition) is 5. The molecule has 0 aliphatic rings. The fraction of sp³-hybridized carbons (Fsp3) is 0.500. The van der Waals surface area contributed by atoms with Gasteiger partial charge in [-0.15, -0.1) is 0 Å². The van der Waals surface area contributed by atoms with Gasteiger partial charge < -0.3 is 26.2 Å². The highest BCUT2D eigenvalue weighted by molar-refractivity contribution is 5.50. The summed E-state index contributed by atoms with van der Waals surface area (Å²) in [4.78, 5) is 0. The van der Waals surface area contributed by atoms with E-state index >= 15 is 0 Å². The maximum absolute atomic E-state index is 9.95. The van der Waals surface area contributed by atoms with Crippen molar-refractivity contribution in [2.75, 3.05) is 0 Å². The zero-order valence-corrected chi connectivity index (χ0v) is 9.96. The van der Waals surface area contributed by atoms with Crippen LogP contribution in [0.15, 0.2) is 12.1 Å². The molecule has 96 valence electrons. The number of aliphatic hydroxyl groups is 1. The van der Waals surface area contributed by atoms with Crippen molar-refractivity contribution >= 4 is 0 Å². The van der Waals surface area contributed by atoms with Crippen LogP contribution in [0, 0.1) is 5.92 Å². The topological polar surface area (TPSA) is 107 Å². The van der Waals surface area contributed by atoms with E-state index < -0.39 is 12.1 Å². The first kappa shape index (κ1) is 13.6. The molecule has 1 unspecified atom stereocenters. The van der Waals surface area contributed by atoms with Crippen LogP contribution in [0.2, 0.25) is 0 Å². The van der Waals surface area contributed by atoms with Gasteiger partial charge in [0.15, 0.2) is 0 Å². The molecule has 6 N–H and O–H groups in total. The summed E-state index contributed by atoms with van der Waals surface area (Å²) in [7, 11) is 0. The number of nitrogens with two attached hydrogens (primary N) is 1. The van der Waals surface area contributed by atoms with E-state index in [1.54, 1.807) is 0 Å². The summed E-state index contributed by atoms with van der Waals surface area (Å²) in [5, 5.41) is 38.4. The third kappa shape index (κ3) is 2.81. The second-order valence-electron chi connectivity index (χ2n) is 4.30. The van der Waals surface area contributed by atoms with Gasteiger partial charge in [0.05, 0.1) is 17.7 Å². The first-order chi connectivity index (χ1) is 7.88. The van der Waals surface area contributed by atoms with Gasteiger partial charge in [0, 0.05) is 12.1 Å². The summed E-state index contributed by atoms with van der Waals surface area (Å²) in [5.41, 5.74) is 5.87. The molecule has 1 aromatic rings. The minimum absolute atomic E-state index is 0.0515. The summed E-state index contributed by atoms with van der Waals surface area (Å²) in [6, 6.07) is 1.27. The van der Waals surface area contributed by atoms with Gasteiger partial charge in [-0.3, -0.25) is 0 Å². The van der Waals surface area contributed by atoms with E-state index in [0.717, 1.165) is 18.6 Å². The molecule has 3 atom stereocenters. The van der Waals surface area contributed by atoms with Crippen molar-refractivity contribution in [3.05, 3.63) is 17.7 Å². The van der Waals surface area contributed by atoms with Crippen LogP contribution < -0.4 is 5.73 Å². The Morgan fingerprint density at radius 2 is 1.65 bits per heavy atom. The van der Waals surface area contributed by atoms with Crippen molar-refractivity contribution in [1.29, 1.82) is 0 Å². The Bertz CT molecular complexity index is 371. The Morgan fingerprint density at radius 1 is 1.18 bits per heavy atom. The van der Waals surface area contributed by atoms with E-state index in [9.17, 15) is 20.4 Å². The smallest absolute Gasteiger partial charge is 0.127 e. The molecule has 1 aromatic carbocycles. The van der Waals surface area contributed by atoms with Crippen molar-refractivity contribution < 1.29 is 20.4 Å². The van der Waals surface area contributed by atoms with Gasteiger partial charge in [-0.1, -0.05) is 20.3 Å². The van der Waals surface area contributed by atoms with E-state index in [1.807, 2.05) is 13.8 Å². The second kappa shape index (κ2) is 5.25. The molecule has 5 heteroatoms. The monoisotopic (exact) mass is 241 g/mol. The van der Waals surface area contributed by atoms with E-state index in [1.165, 1.54) is 0 Å². The summed E-state index contributed by atoms with van der Waals surface area (Å²) < 4.78 is 0. The SMILES string of the molecule is CCC(C)[C@H](O)[C@H](N)c1c(O)cc(O)cc1O. The van der Waals surface area contributed by atoms with Gasteiger partial charge in [-0.2, -0.15) is 0 Å². The van der Waals surface area contributed by atoms with Gasteiger partial charge >= 0.3 is 0 Å². The minimum Gasteiger partial charge on any atom is -0.508 e. The molecule has 17 heavy (non-hydrogen) atoms. The molecule has 1 rings (SSSR count). The lowest BCUT2D eigenvalue weighted by Crippen LogP contribution is -2.31. The fourth-order valence-electron chi connectivity index (χ4n) is 1.72. The normalized spacial score (nSPS) is 16.5. The fourth-order valence-corrected chi connectivity index (χ4v) is 1.72. The zero-order chi connectivity index (χ0) is 13.2. The number of benzene rings is 1. The maximum atomic E-state index is 9.95. The van der Waals surface area contributed by atoms with Crippen molar-refractivity contribution in [2.45, 2.75) is 32.4 Å². The lowest BCUT2D eigenvalue weighted by atomic mass is 9.90. The van der Waals surface area contributed by atoms with Crippen LogP contribution >= 0.6 is 0 Å². The van der Waals surface area contributed by atoms with E-state index in [-0.39, 0.29) is 28.7 Å². The number of phenolic OH excluding ortho intramolecular Hbond substituents is 3. The van der Waals surface area contributed by atoms with Gasteiger partial charge in [-0.25, -0.2) is 0 Å². The molecule has 5 nitrogen and oxygen atoms in total. The molecule has 0 radical (unpaired) electrons. The number of phenols is 3. The molecule has 0 spiro atoms. The third-order valence-corrected chi connectivity index (χ3v) is 3.05. The number of hydrogen-bond acceptors (Lipinski definition) is 5. The molecule has 0 fully saturated rings. The molecule has 0 heterocycles. The predicted molar refractivity (Wildman–Crippen MR) is 63.8 cm³/mol. The summed E-state index contributed by atoms with van der Waals surface area (Å²) in [6.07, 6.45) is -0.143. The average molecular weight is 241 g/mol. The number of rotatable bonds is 4. The Kier molecular flexibility index (Phi) is 4.20. The Balaban J connectivity index is 3.08. The van der Waals surface area contributed by atoms with Crippen molar-refractivity contribution in [3.8, 4) is 17.2 Å². The molecule has 0 saturated carbocycles. The first-order valence-corrected chi connectivity index (χ1v) is 5.57. The second-order valence-corrected chi connectivity index (χ2v) is 4.30. The Labute approximate surface area is 100 Å². The van der Waals surface area contributed by atoms with Crippen molar-refractivity contribution in [1.82, 2.24) is 0 Å². The lowest BCUT2D eigenvalue weighted by molar-refractivity contribution is 0.0861. The van der Waals surface area contributed by atoms with Crippen LogP contribution in [0.5, 0.6) is 17.2 Å². The van der Waals surface area contributed by atoms with Crippen LogP contribution in [0.3, 0.4) is 0 Å². The molecule has 0 saturated heterocycles. The quantitative estimate of drug-likeness (QED) is 0.544. The summed E-state index contributed by atoms with van der Waals surface area (Å²) in [6.45, 7) is 3.75. The van der Waals surface area contributed by atoms with Gasteiger partial charge in [-0.05, 0) is 5.92 Å². The Morgan fingerprint density at radius 3 is 2.06 bits per heavy atom. The lowest BCUT2D eigenvalue weighted by Gasteiger charge is -2.25. The number of aliphatic hydroxyl groups excluding tert-OH is 1. The predicted octanol–water partition coefficient (Wildman–Crippen LogP) is 1.21. The number of aromatic hydroxyl groups is 3. The van der Waals surface area contributed by atoms with E-state index in [0.29, 0.717) is 0 Å². The van der Waals surface area contributed by atoms with Crippen molar-refractivity contribution in [2.24, 2.45) is 11.7 Å². The Hall–Kier alpha value is -1.46. The van der Waals surface area contributed by atoms with Crippen LogP contribution in [-0.2, 0) is 0 Å². The summed E-state index contributed by atoms with van der Waals surface area (Å²) >= 11 is 0. The minimum atomic E-state index is -0.898. The van der Waals surface area contributed by atoms with Gasteiger partial charge in [0.2, 0.25) is 0 Å². The van der Waals surface area contributed by atoms with Gasteiger partial charge in [0.1, 0.15) is 17.2 Å². The molecule has 0 aliphatic heterocycles. The van der Waals surface area contributed by atoms with Crippen LogP contribution in [0.1, 0.15) is 31.9 Å². The van der Waals surface area contributed by atoms with Crippen LogP contribution in [0.25, 0.3) is 0 Å². The highest BCUT2D eigenvalue weighted by Gasteiger charge is 2.27. The van der Waals surface area contributed by atoms with Crippen molar-refractivity contribution in [3.63, 3.8) is 0 Å². The average Bonchev–Trinajstić information content (AvgIpc) is 2.25. The third-order valence-electron chi connectivity index (χ3n) is 3.05. The maximum Gasteiger partial charge on any atom is 0.127 e. The largest absolute Gasteiger partial charge is 0.508 e. The highest BCUT2D eigenvalue weighted by atomic mass is 16.3. The van der Waals surface area contributed by atoms with E-state index in [2.05, 4.69) is 0 Å². The molecular weight excluding hydrogens is 222 g/mol. The van der Waals surface area contributed by atoms with E-state index in [4.69, 9.17) is 5.73 Å². The molecule has 0 aromatic heterocycles. The first-order valence-electron chi connectivity index (χ1n) is 5.57. The zero-order valence-electron chi connectivity index (χ0n) is 9.96. The summed E-state index contributed by atoms with van der Waals surface area (Å²) in [5.74, 6) is -0.957. The van der Waals surface area contributed by atoms with Crippen LogP contribution in [-0.4, -0.2) is 26.5 Å². The van der Waals surface area contributed by atoms with Crippen LogP contribution in [0.4, 0.5) is 0 Å². The molecular formula is C12H19NO4. The standard InChI is InChI=1S/C12H19NO4/c1-3-6(2)12(17)11(13)10-8(15)4-7(14)5-9(10)16/h4-6,11-12,14-17H,3,13H2,1-2H3/t6?,11-,12+/m1/s1. The molecule has 0 amide bonds. The van der Waals surface area contributed by atoms with Gasteiger partial charge in [0.25, 0.3) is 0 Å².